The van der Waals surface area contributed by atoms with Crippen LogP contribution < -0.4 is 4.74 Å². The standard InChI is InChI=1S/C16H16BrFO2/c1-9-6-12(18)7-10(2)15(9)16(19)11-4-5-14(20-3)13(17)8-11/h4-8,16,19H,1-3H3. The molecule has 0 saturated carbocycles. The molecule has 20 heavy (non-hydrogen) atoms. The molecule has 1 N–H and O–H groups in total. The van der Waals surface area contributed by atoms with Gasteiger partial charge in [-0.2, -0.15) is 0 Å². The lowest BCUT2D eigenvalue weighted by Gasteiger charge is -2.18. The highest BCUT2D eigenvalue weighted by Gasteiger charge is 2.17. The van der Waals surface area contributed by atoms with E-state index in [4.69, 9.17) is 4.74 Å². The zero-order valence-electron chi connectivity index (χ0n) is 11.6. The van der Waals surface area contributed by atoms with Crippen LogP contribution >= 0.6 is 15.9 Å². The number of hydrogen-bond acceptors (Lipinski definition) is 2. The third-order valence-electron chi connectivity index (χ3n) is 3.32. The van der Waals surface area contributed by atoms with Crippen molar-refractivity contribution < 1.29 is 14.2 Å². The van der Waals surface area contributed by atoms with Crippen LogP contribution in [0.2, 0.25) is 0 Å². The highest BCUT2D eigenvalue weighted by Crippen LogP contribution is 2.33. The number of ether oxygens (including phenoxy) is 1. The number of hydrogen-bond donors (Lipinski definition) is 1. The van der Waals surface area contributed by atoms with Gasteiger partial charge in [-0.15, -0.1) is 0 Å². The van der Waals surface area contributed by atoms with Gasteiger partial charge < -0.3 is 9.84 Å². The first-order chi connectivity index (χ1) is 9.43. The second-order valence-corrected chi connectivity index (χ2v) is 5.60. The molecule has 0 radical (unpaired) electrons. The van der Waals surface area contributed by atoms with E-state index >= 15 is 0 Å². The maximum atomic E-state index is 13.3. The highest BCUT2D eigenvalue weighted by molar-refractivity contribution is 9.10. The fraction of sp³-hybridized carbons (Fsp3) is 0.250. The predicted octanol–water partition coefficient (Wildman–Crippen LogP) is 4.30. The fourth-order valence-corrected chi connectivity index (χ4v) is 2.93. The van der Waals surface area contributed by atoms with Crippen molar-refractivity contribution in [2.75, 3.05) is 7.11 Å². The zero-order chi connectivity index (χ0) is 14.9. The van der Waals surface area contributed by atoms with Crippen LogP contribution in [0.4, 0.5) is 4.39 Å². The van der Waals surface area contributed by atoms with E-state index in [2.05, 4.69) is 15.9 Å². The van der Waals surface area contributed by atoms with E-state index in [0.29, 0.717) is 5.75 Å². The summed E-state index contributed by atoms with van der Waals surface area (Å²) in [6.45, 7) is 3.60. The molecule has 0 saturated heterocycles. The molecule has 0 aliphatic carbocycles. The summed E-state index contributed by atoms with van der Waals surface area (Å²) in [7, 11) is 1.59. The van der Waals surface area contributed by atoms with Gasteiger partial charge >= 0.3 is 0 Å². The van der Waals surface area contributed by atoms with Crippen LogP contribution in [-0.2, 0) is 0 Å². The SMILES string of the molecule is COc1ccc(C(O)c2c(C)cc(F)cc2C)cc1Br. The van der Waals surface area contributed by atoms with Gasteiger partial charge in [-0.3, -0.25) is 0 Å². The van der Waals surface area contributed by atoms with Crippen molar-refractivity contribution >= 4 is 15.9 Å². The smallest absolute Gasteiger partial charge is 0.133 e. The van der Waals surface area contributed by atoms with Crippen LogP contribution in [0.1, 0.15) is 28.4 Å². The summed E-state index contributed by atoms with van der Waals surface area (Å²) >= 11 is 3.40. The van der Waals surface area contributed by atoms with E-state index in [1.165, 1.54) is 12.1 Å². The Morgan fingerprint density at radius 3 is 2.25 bits per heavy atom. The molecule has 1 unspecified atom stereocenters. The average Bonchev–Trinajstić information content (AvgIpc) is 2.37. The molecule has 0 aliphatic rings. The van der Waals surface area contributed by atoms with Gasteiger partial charge in [-0.05, 0) is 76.3 Å². The average molecular weight is 339 g/mol. The summed E-state index contributed by atoms with van der Waals surface area (Å²) in [4.78, 5) is 0. The van der Waals surface area contributed by atoms with Crippen molar-refractivity contribution in [2.45, 2.75) is 20.0 Å². The minimum Gasteiger partial charge on any atom is -0.496 e. The van der Waals surface area contributed by atoms with Gasteiger partial charge in [0.05, 0.1) is 11.6 Å². The monoisotopic (exact) mass is 338 g/mol. The van der Waals surface area contributed by atoms with Crippen molar-refractivity contribution in [1.82, 2.24) is 0 Å². The Hall–Kier alpha value is -1.39. The van der Waals surface area contributed by atoms with Crippen molar-refractivity contribution in [3.63, 3.8) is 0 Å². The molecule has 106 valence electrons. The van der Waals surface area contributed by atoms with Crippen molar-refractivity contribution in [3.05, 3.63) is 62.9 Å². The Balaban J connectivity index is 2.46. The quantitative estimate of drug-likeness (QED) is 0.904. The Bertz CT molecular complexity index is 617. The van der Waals surface area contributed by atoms with E-state index in [9.17, 15) is 9.50 Å². The van der Waals surface area contributed by atoms with Gasteiger partial charge in [0.15, 0.2) is 0 Å². The van der Waals surface area contributed by atoms with Crippen LogP contribution in [0.15, 0.2) is 34.8 Å². The van der Waals surface area contributed by atoms with E-state index < -0.39 is 6.10 Å². The molecular formula is C16H16BrFO2. The number of halogens is 2. The highest BCUT2D eigenvalue weighted by atomic mass is 79.9. The predicted molar refractivity (Wildman–Crippen MR) is 80.6 cm³/mol. The molecule has 0 bridgehead atoms. The second-order valence-electron chi connectivity index (χ2n) is 4.75. The minimum absolute atomic E-state index is 0.285. The summed E-state index contributed by atoms with van der Waals surface area (Å²) in [5.74, 6) is 0.417. The second kappa shape index (κ2) is 5.94. The number of rotatable bonds is 3. The molecule has 2 aromatic carbocycles. The number of aliphatic hydroxyl groups excluding tert-OH is 1. The number of aryl methyl sites for hydroxylation is 2. The lowest BCUT2D eigenvalue weighted by Crippen LogP contribution is -2.05. The molecule has 1 atom stereocenters. The van der Waals surface area contributed by atoms with Crippen molar-refractivity contribution in [2.24, 2.45) is 0 Å². The van der Waals surface area contributed by atoms with Crippen LogP contribution in [0.5, 0.6) is 5.75 Å². The lowest BCUT2D eigenvalue weighted by atomic mass is 9.93. The largest absolute Gasteiger partial charge is 0.496 e. The summed E-state index contributed by atoms with van der Waals surface area (Å²) < 4.78 is 19.3. The Morgan fingerprint density at radius 2 is 1.75 bits per heavy atom. The summed E-state index contributed by atoms with van der Waals surface area (Å²) in [6.07, 6.45) is -0.794. The van der Waals surface area contributed by atoms with Gasteiger partial charge in [0.25, 0.3) is 0 Å². The zero-order valence-corrected chi connectivity index (χ0v) is 13.2. The molecule has 2 nitrogen and oxygen atoms in total. The first-order valence-electron chi connectivity index (χ1n) is 6.22. The molecular weight excluding hydrogens is 323 g/mol. The van der Waals surface area contributed by atoms with Crippen LogP contribution in [0.3, 0.4) is 0 Å². The Labute approximate surface area is 126 Å². The molecule has 0 aliphatic heterocycles. The van der Waals surface area contributed by atoms with E-state index in [1.807, 2.05) is 6.07 Å². The lowest BCUT2D eigenvalue weighted by molar-refractivity contribution is 0.218. The topological polar surface area (TPSA) is 29.5 Å². The van der Waals surface area contributed by atoms with Crippen molar-refractivity contribution in [3.8, 4) is 5.75 Å². The molecule has 2 rings (SSSR count). The molecule has 2 aromatic rings. The summed E-state index contributed by atoms with van der Waals surface area (Å²) in [6, 6.07) is 8.27. The molecule has 0 spiro atoms. The van der Waals surface area contributed by atoms with Gasteiger partial charge in [-0.25, -0.2) is 4.39 Å². The number of aliphatic hydroxyl groups is 1. The Kier molecular flexibility index (Phi) is 4.45. The first-order valence-corrected chi connectivity index (χ1v) is 7.01. The molecule has 0 heterocycles. The Morgan fingerprint density at radius 1 is 1.15 bits per heavy atom. The summed E-state index contributed by atoms with van der Waals surface area (Å²) in [5.41, 5.74) is 2.95. The molecule has 0 amide bonds. The minimum atomic E-state index is -0.794. The molecule has 4 heteroatoms. The number of methoxy groups -OCH3 is 1. The maximum absolute atomic E-state index is 13.3. The normalized spacial score (nSPS) is 12.3. The van der Waals surface area contributed by atoms with Crippen LogP contribution in [0, 0.1) is 19.7 Å². The third kappa shape index (κ3) is 2.86. The number of benzene rings is 2. The van der Waals surface area contributed by atoms with Crippen LogP contribution in [0.25, 0.3) is 0 Å². The van der Waals surface area contributed by atoms with Gasteiger partial charge in [-0.1, -0.05) is 6.07 Å². The van der Waals surface area contributed by atoms with E-state index in [0.717, 1.165) is 26.7 Å². The first kappa shape index (κ1) is 15.0. The van der Waals surface area contributed by atoms with E-state index in [-0.39, 0.29) is 5.82 Å². The van der Waals surface area contributed by atoms with Gasteiger partial charge in [0.1, 0.15) is 17.7 Å². The third-order valence-corrected chi connectivity index (χ3v) is 3.94. The fourth-order valence-electron chi connectivity index (χ4n) is 2.37. The van der Waals surface area contributed by atoms with Gasteiger partial charge in [0.2, 0.25) is 0 Å². The maximum Gasteiger partial charge on any atom is 0.133 e. The molecule has 0 fully saturated rings. The van der Waals surface area contributed by atoms with E-state index in [1.54, 1.807) is 33.1 Å². The van der Waals surface area contributed by atoms with Crippen LogP contribution in [-0.4, -0.2) is 12.2 Å². The van der Waals surface area contributed by atoms with Crippen molar-refractivity contribution in [1.29, 1.82) is 0 Å². The van der Waals surface area contributed by atoms with Gasteiger partial charge in [0, 0.05) is 0 Å². The molecule has 0 aromatic heterocycles. The summed E-state index contributed by atoms with van der Waals surface area (Å²) in [5, 5.41) is 10.5.